The zero-order valence-corrected chi connectivity index (χ0v) is 15.7. The van der Waals surface area contributed by atoms with Crippen LogP contribution in [0.2, 0.25) is 0 Å². The number of unbranched alkanes of at least 4 members (excludes halogenated alkanes) is 3. The normalized spacial score (nSPS) is 11.2. The van der Waals surface area contributed by atoms with Gasteiger partial charge in [-0.1, -0.05) is 58.2 Å². The molecule has 0 fully saturated rings. The van der Waals surface area contributed by atoms with Gasteiger partial charge in [0.05, 0.1) is 19.6 Å². The van der Waals surface area contributed by atoms with Gasteiger partial charge in [-0.25, -0.2) is 0 Å². The van der Waals surface area contributed by atoms with Gasteiger partial charge in [-0.15, -0.1) is 0 Å². The second kappa shape index (κ2) is 11.6. The third kappa shape index (κ3) is 6.13. The Balaban J connectivity index is 0.00000361. The lowest BCUT2D eigenvalue weighted by molar-refractivity contribution is -0.00000419. The minimum Gasteiger partial charge on any atom is -1.00 e. The SMILES string of the molecule is CCCC[N+](CCCC)(CCCC)c1ccccc1.[I-]. The number of rotatable bonds is 10. The lowest BCUT2D eigenvalue weighted by Crippen LogP contribution is -3.00. The van der Waals surface area contributed by atoms with Gasteiger partial charge >= 0.3 is 0 Å². The number of quaternary nitrogens is 1. The van der Waals surface area contributed by atoms with E-state index in [0.29, 0.717) is 0 Å². The Kier molecular flexibility index (Phi) is 11.5. The third-order valence-electron chi connectivity index (χ3n) is 4.12. The van der Waals surface area contributed by atoms with Crippen molar-refractivity contribution in [1.29, 1.82) is 0 Å². The van der Waals surface area contributed by atoms with Gasteiger partial charge in [0.2, 0.25) is 0 Å². The Morgan fingerprint density at radius 2 is 1.10 bits per heavy atom. The molecule has 1 aromatic carbocycles. The van der Waals surface area contributed by atoms with Crippen molar-refractivity contribution < 1.29 is 24.0 Å². The largest absolute Gasteiger partial charge is 1.00 e. The lowest BCUT2D eigenvalue weighted by atomic mass is 10.1. The zero-order chi connectivity index (χ0) is 14.0. The summed E-state index contributed by atoms with van der Waals surface area (Å²) in [5.41, 5.74) is 1.53. The highest BCUT2D eigenvalue weighted by molar-refractivity contribution is 5.42. The molecule has 0 heterocycles. The average molecular weight is 389 g/mol. The van der Waals surface area contributed by atoms with Crippen LogP contribution in [0.5, 0.6) is 0 Å². The van der Waals surface area contributed by atoms with Gasteiger partial charge in [-0.3, -0.25) is 4.48 Å². The first kappa shape index (κ1) is 19.9. The molecule has 0 bridgehead atoms. The quantitative estimate of drug-likeness (QED) is 0.426. The topological polar surface area (TPSA) is 0 Å². The van der Waals surface area contributed by atoms with E-state index in [1.165, 1.54) is 68.3 Å². The van der Waals surface area contributed by atoms with Crippen molar-refractivity contribution >= 4 is 5.69 Å². The Hall–Kier alpha value is -0.0900. The smallest absolute Gasteiger partial charge is 0.132 e. The molecule has 0 radical (unpaired) electrons. The van der Waals surface area contributed by atoms with Crippen molar-refractivity contribution in [3.63, 3.8) is 0 Å². The summed E-state index contributed by atoms with van der Waals surface area (Å²) in [6, 6.07) is 11.2. The summed E-state index contributed by atoms with van der Waals surface area (Å²) in [6.45, 7) is 10.8. The van der Waals surface area contributed by atoms with Crippen LogP contribution in [0.15, 0.2) is 30.3 Å². The van der Waals surface area contributed by atoms with Gasteiger partial charge < -0.3 is 24.0 Å². The number of nitrogens with zero attached hydrogens (tertiary/aromatic N) is 1. The molecule has 0 N–H and O–H groups in total. The predicted octanol–water partition coefficient (Wildman–Crippen LogP) is 2.40. The average Bonchev–Trinajstić information content (AvgIpc) is 2.48. The van der Waals surface area contributed by atoms with Crippen molar-refractivity contribution in [1.82, 2.24) is 4.48 Å². The molecule has 0 aliphatic rings. The summed E-state index contributed by atoms with van der Waals surface area (Å²) in [5, 5.41) is 0. The van der Waals surface area contributed by atoms with E-state index in [-0.39, 0.29) is 24.0 Å². The van der Waals surface area contributed by atoms with Crippen LogP contribution in [0.25, 0.3) is 0 Å². The molecule has 0 aliphatic heterocycles. The maximum Gasteiger partial charge on any atom is 0.132 e. The minimum absolute atomic E-state index is 0. The van der Waals surface area contributed by atoms with Gasteiger partial charge in [0.15, 0.2) is 0 Å². The van der Waals surface area contributed by atoms with Crippen LogP contribution >= 0.6 is 0 Å². The molecule has 116 valence electrons. The number of benzene rings is 1. The van der Waals surface area contributed by atoms with Crippen LogP contribution in [0, 0.1) is 0 Å². The van der Waals surface area contributed by atoms with Crippen molar-refractivity contribution in [2.45, 2.75) is 59.3 Å². The second-order valence-electron chi connectivity index (χ2n) is 5.71. The zero-order valence-electron chi connectivity index (χ0n) is 13.6. The van der Waals surface area contributed by atoms with E-state index in [9.17, 15) is 0 Å². The van der Waals surface area contributed by atoms with Crippen LogP contribution in [0.1, 0.15) is 59.3 Å². The van der Waals surface area contributed by atoms with Gasteiger partial charge in [0, 0.05) is 0 Å². The third-order valence-corrected chi connectivity index (χ3v) is 4.12. The fraction of sp³-hybridized carbons (Fsp3) is 0.667. The van der Waals surface area contributed by atoms with Crippen LogP contribution in [0.3, 0.4) is 0 Å². The molecule has 20 heavy (non-hydrogen) atoms. The van der Waals surface area contributed by atoms with Crippen LogP contribution < -0.4 is 28.5 Å². The van der Waals surface area contributed by atoms with Gasteiger partial charge in [-0.05, 0) is 31.4 Å². The van der Waals surface area contributed by atoms with Crippen LogP contribution in [-0.4, -0.2) is 19.6 Å². The van der Waals surface area contributed by atoms with Crippen molar-refractivity contribution in [2.24, 2.45) is 0 Å². The highest BCUT2D eigenvalue weighted by Crippen LogP contribution is 2.26. The molecular weight excluding hydrogens is 357 g/mol. The molecular formula is C18H32IN. The molecule has 0 unspecified atom stereocenters. The first-order valence-corrected chi connectivity index (χ1v) is 8.20. The number of hydrogen-bond donors (Lipinski definition) is 0. The Morgan fingerprint density at radius 1 is 0.700 bits per heavy atom. The molecule has 0 aliphatic carbocycles. The van der Waals surface area contributed by atoms with Gasteiger partial charge in [-0.2, -0.15) is 0 Å². The maximum absolute atomic E-state index is 2.33. The highest BCUT2D eigenvalue weighted by Gasteiger charge is 2.28. The summed E-state index contributed by atoms with van der Waals surface area (Å²) in [5.74, 6) is 0. The molecule has 1 nitrogen and oxygen atoms in total. The fourth-order valence-corrected chi connectivity index (χ4v) is 2.85. The molecule has 0 saturated carbocycles. The predicted molar refractivity (Wildman–Crippen MR) is 87.6 cm³/mol. The van der Waals surface area contributed by atoms with E-state index in [4.69, 9.17) is 0 Å². The molecule has 0 atom stereocenters. The number of hydrogen-bond acceptors (Lipinski definition) is 0. The fourth-order valence-electron chi connectivity index (χ4n) is 2.85. The van der Waals surface area contributed by atoms with Crippen molar-refractivity contribution in [3.8, 4) is 0 Å². The van der Waals surface area contributed by atoms with E-state index in [1.54, 1.807) is 0 Å². The number of halogens is 1. The summed E-state index contributed by atoms with van der Waals surface area (Å²) in [4.78, 5) is 0. The molecule has 0 spiro atoms. The Morgan fingerprint density at radius 3 is 1.45 bits per heavy atom. The first-order chi connectivity index (χ1) is 9.29. The van der Waals surface area contributed by atoms with E-state index in [1.807, 2.05) is 0 Å². The number of para-hydroxylation sites is 1. The van der Waals surface area contributed by atoms with Gasteiger partial charge in [0.25, 0.3) is 0 Å². The van der Waals surface area contributed by atoms with E-state index in [0.717, 1.165) is 0 Å². The molecule has 0 amide bonds. The summed E-state index contributed by atoms with van der Waals surface area (Å²) in [7, 11) is 0. The van der Waals surface area contributed by atoms with Crippen molar-refractivity contribution in [3.05, 3.63) is 30.3 Å². The molecule has 1 aromatic rings. The Bertz CT molecular complexity index is 302. The lowest BCUT2D eigenvalue weighted by Gasteiger charge is -2.38. The maximum atomic E-state index is 2.33. The molecule has 1 rings (SSSR count). The first-order valence-electron chi connectivity index (χ1n) is 8.20. The van der Waals surface area contributed by atoms with E-state index in [2.05, 4.69) is 51.1 Å². The monoisotopic (exact) mass is 389 g/mol. The second-order valence-corrected chi connectivity index (χ2v) is 5.71. The highest BCUT2D eigenvalue weighted by atomic mass is 127. The molecule has 2 heteroatoms. The molecule has 0 aromatic heterocycles. The van der Waals surface area contributed by atoms with Gasteiger partial charge in [0.1, 0.15) is 5.69 Å². The molecule has 0 saturated heterocycles. The van der Waals surface area contributed by atoms with E-state index < -0.39 is 0 Å². The summed E-state index contributed by atoms with van der Waals surface area (Å²) < 4.78 is 1.20. The standard InChI is InChI=1S/C18H32N.HI/c1-4-7-15-19(16-8-5-2,17-9-6-3)18-13-11-10-12-14-18;/h10-14H,4-9,15-17H2,1-3H3;1H/q+1;/p-1. The Labute approximate surface area is 143 Å². The van der Waals surface area contributed by atoms with Crippen LogP contribution in [-0.2, 0) is 0 Å². The summed E-state index contributed by atoms with van der Waals surface area (Å²) in [6.07, 6.45) is 7.90. The minimum atomic E-state index is 0. The van der Waals surface area contributed by atoms with E-state index >= 15 is 0 Å². The van der Waals surface area contributed by atoms with Crippen molar-refractivity contribution in [2.75, 3.05) is 19.6 Å². The van der Waals surface area contributed by atoms with Crippen LogP contribution in [0.4, 0.5) is 5.69 Å². The summed E-state index contributed by atoms with van der Waals surface area (Å²) >= 11 is 0.